The van der Waals surface area contributed by atoms with Gasteiger partial charge in [-0.3, -0.25) is 0 Å². The summed E-state index contributed by atoms with van der Waals surface area (Å²) in [5.41, 5.74) is 0.803. The molecule has 23 heavy (non-hydrogen) atoms. The summed E-state index contributed by atoms with van der Waals surface area (Å²) >= 11 is 0. The van der Waals surface area contributed by atoms with E-state index in [0.29, 0.717) is 5.04 Å². The van der Waals surface area contributed by atoms with Gasteiger partial charge >= 0.3 is 11.9 Å². The Morgan fingerprint density at radius 3 is 2.30 bits per heavy atom. The molecule has 0 bridgehead atoms. The van der Waals surface area contributed by atoms with Crippen molar-refractivity contribution in [2.45, 2.75) is 25.3 Å². The Morgan fingerprint density at radius 2 is 1.78 bits per heavy atom. The fourth-order valence-electron chi connectivity index (χ4n) is 2.43. The first-order valence-electron chi connectivity index (χ1n) is 7.47. The first kappa shape index (κ1) is 17.3. The molecule has 0 aliphatic heterocycles. The summed E-state index contributed by atoms with van der Waals surface area (Å²) in [5.74, 6) is -2.43. The van der Waals surface area contributed by atoms with Crippen LogP contribution in [0, 0.1) is 0 Å². The Bertz CT molecular complexity index is 596. The molecule has 0 saturated carbocycles. The minimum Gasteiger partial charge on any atom is -0.478 e. The molecule has 1 aromatic rings. The third kappa shape index (κ3) is 5.56. The van der Waals surface area contributed by atoms with Crippen molar-refractivity contribution in [3.8, 4) is 0 Å². The van der Waals surface area contributed by atoms with Gasteiger partial charge in [-0.25, -0.2) is 14.6 Å². The van der Waals surface area contributed by atoms with Crippen molar-refractivity contribution in [1.29, 1.82) is 0 Å². The van der Waals surface area contributed by atoms with Crippen molar-refractivity contribution >= 4 is 27.9 Å². The molecule has 1 atom stereocenters. The van der Waals surface area contributed by atoms with E-state index in [1.165, 1.54) is 0 Å². The first-order valence-corrected chi connectivity index (χ1v) is 9.03. The Labute approximate surface area is 138 Å². The summed E-state index contributed by atoms with van der Waals surface area (Å²) in [5, 5.41) is 18.9. The average molecular weight is 334 g/mol. The molecule has 1 unspecified atom stereocenters. The van der Waals surface area contributed by atoms with Gasteiger partial charge < -0.3 is 10.2 Å². The summed E-state index contributed by atoms with van der Waals surface area (Å²) in [6, 6.07) is 9.28. The average Bonchev–Trinajstić information content (AvgIpc) is 2.53. The Kier molecular flexibility index (Phi) is 6.40. The molecule has 5 nitrogen and oxygen atoms in total. The lowest BCUT2D eigenvalue weighted by Gasteiger charge is -2.14. The molecule has 122 valence electrons. The number of aliphatic carboxylic acids is 2. The van der Waals surface area contributed by atoms with Gasteiger partial charge in [0.05, 0.1) is 16.9 Å². The standard InChI is InChI=1S/C17H19NO4S/c19-15(20)11-23(12-16(21)22)17(13-7-3-1-4-8-13)18-14-9-5-2-6-10-14/h1,3-5,7-9,14H,2,6,10-12H2,(H-,19,20,21,22)/p+1. The Balaban J connectivity index is 2.38. The van der Waals surface area contributed by atoms with Crippen molar-refractivity contribution in [3.63, 3.8) is 0 Å². The number of carbonyl (C=O) groups is 2. The van der Waals surface area contributed by atoms with E-state index in [0.717, 1.165) is 24.8 Å². The molecule has 1 aliphatic carbocycles. The van der Waals surface area contributed by atoms with Crippen LogP contribution in [0.25, 0.3) is 0 Å². The quantitative estimate of drug-likeness (QED) is 0.362. The van der Waals surface area contributed by atoms with Crippen molar-refractivity contribution < 1.29 is 19.8 Å². The number of hydrogen-bond donors (Lipinski definition) is 2. The second kappa shape index (κ2) is 8.53. The maximum absolute atomic E-state index is 11.2. The Hall–Kier alpha value is -2.08. The van der Waals surface area contributed by atoms with Crippen molar-refractivity contribution in [1.82, 2.24) is 0 Å². The third-order valence-corrected chi connectivity index (χ3v) is 5.48. The van der Waals surface area contributed by atoms with Crippen LogP contribution in [0.5, 0.6) is 0 Å². The summed E-state index contributed by atoms with van der Waals surface area (Å²) in [6.45, 7) is 0. The molecule has 1 aliphatic rings. The largest absolute Gasteiger partial charge is 0.478 e. The zero-order chi connectivity index (χ0) is 16.7. The van der Waals surface area contributed by atoms with E-state index in [1.54, 1.807) is 0 Å². The molecule has 0 heterocycles. The van der Waals surface area contributed by atoms with E-state index in [4.69, 9.17) is 15.2 Å². The topological polar surface area (TPSA) is 87.0 Å². The number of aliphatic imine (C=N–C) groups is 1. The fraction of sp³-hybridized carbons (Fsp3) is 0.353. The van der Waals surface area contributed by atoms with Crippen LogP contribution in [0.4, 0.5) is 0 Å². The second-order valence-corrected chi connectivity index (χ2v) is 7.25. The SMILES string of the molecule is O=C(O)C[S+](CC(=O)O)C(=NC1C=CCCC1)c1ccccc1. The predicted molar refractivity (Wildman–Crippen MR) is 92.1 cm³/mol. The second-order valence-electron chi connectivity index (χ2n) is 5.30. The van der Waals surface area contributed by atoms with Crippen LogP contribution in [0.15, 0.2) is 47.5 Å². The molecule has 0 saturated heterocycles. The van der Waals surface area contributed by atoms with Crippen molar-refractivity contribution in [3.05, 3.63) is 48.0 Å². The van der Waals surface area contributed by atoms with Gasteiger partial charge in [-0.05, 0) is 31.4 Å². The predicted octanol–water partition coefficient (Wildman–Crippen LogP) is 2.33. The van der Waals surface area contributed by atoms with Crippen molar-refractivity contribution in [2.24, 2.45) is 4.99 Å². The van der Waals surface area contributed by atoms with Gasteiger partial charge in [0.1, 0.15) is 0 Å². The van der Waals surface area contributed by atoms with Crippen LogP contribution < -0.4 is 0 Å². The highest BCUT2D eigenvalue weighted by Crippen LogP contribution is 2.18. The molecule has 0 fully saturated rings. The zero-order valence-electron chi connectivity index (χ0n) is 12.7. The monoisotopic (exact) mass is 334 g/mol. The van der Waals surface area contributed by atoms with Gasteiger partial charge in [-0.1, -0.05) is 30.4 Å². The summed E-state index contributed by atoms with van der Waals surface area (Å²) in [6.07, 6.45) is 7.08. The van der Waals surface area contributed by atoms with Crippen LogP contribution in [0.3, 0.4) is 0 Å². The minimum absolute atomic E-state index is 0.00320. The third-order valence-electron chi connectivity index (χ3n) is 3.40. The van der Waals surface area contributed by atoms with E-state index >= 15 is 0 Å². The number of nitrogens with zero attached hydrogens (tertiary/aromatic N) is 1. The molecular weight excluding hydrogens is 314 g/mol. The van der Waals surface area contributed by atoms with Gasteiger partial charge in [0, 0.05) is 5.56 Å². The molecule has 0 amide bonds. The summed E-state index contributed by atoms with van der Waals surface area (Å²) < 4.78 is 0. The number of carboxylic acid groups (broad SMARTS) is 2. The minimum atomic E-state index is -1.00. The maximum Gasteiger partial charge on any atom is 0.354 e. The smallest absolute Gasteiger partial charge is 0.354 e. The first-order chi connectivity index (χ1) is 11.1. The molecule has 2 rings (SSSR count). The maximum atomic E-state index is 11.2. The molecule has 0 radical (unpaired) electrons. The van der Waals surface area contributed by atoms with E-state index in [-0.39, 0.29) is 17.5 Å². The molecule has 2 N–H and O–H groups in total. The van der Waals surface area contributed by atoms with Gasteiger partial charge in [-0.15, -0.1) is 0 Å². The molecule has 1 aromatic carbocycles. The zero-order valence-corrected chi connectivity index (χ0v) is 13.5. The van der Waals surface area contributed by atoms with Crippen LogP contribution in [-0.4, -0.2) is 44.7 Å². The highest BCUT2D eigenvalue weighted by atomic mass is 32.2. The lowest BCUT2D eigenvalue weighted by Crippen LogP contribution is -2.32. The van der Waals surface area contributed by atoms with E-state index in [9.17, 15) is 9.59 Å². The number of rotatable bonds is 6. The van der Waals surface area contributed by atoms with E-state index in [2.05, 4.69) is 6.08 Å². The molecular formula is C17H20NO4S+. The van der Waals surface area contributed by atoms with Crippen LogP contribution >= 0.6 is 0 Å². The molecule has 0 spiro atoms. The van der Waals surface area contributed by atoms with Gasteiger partial charge in [-0.2, -0.15) is 0 Å². The van der Waals surface area contributed by atoms with Crippen LogP contribution in [0.2, 0.25) is 0 Å². The molecule has 6 heteroatoms. The number of allylic oxidation sites excluding steroid dienone is 1. The van der Waals surface area contributed by atoms with Crippen molar-refractivity contribution in [2.75, 3.05) is 11.5 Å². The number of benzene rings is 1. The highest BCUT2D eigenvalue weighted by molar-refractivity contribution is 8.12. The van der Waals surface area contributed by atoms with Crippen LogP contribution in [-0.2, 0) is 20.5 Å². The van der Waals surface area contributed by atoms with E-state index in [1.807, 2.05) is 36.4 Å². The highest BCUT2D eigenvalue weighted by Gasteiger charge is 2.34. The van der Waals surface area contributed by atoms with Gasteiger partial charge in [0.25, 0.3) is 5.04 Å². The fourth-order valence-corrected chi connectivity index (χ4v) is 4.16. The summed E-state index contributed by atoms with van der Waals surface area (Å²) in [4.78, 5) is 27.1. The number of hydrogen-bond acceptors (Lipinski definition) is 3. The normalized spacial score (nSPS) is 18.1. The van der Waals surface area contributed by atoms with Crippen LogP contribution in [0.1, 0.15) is 24.8 Å². The summed E-state index contributed by atoms with van der Waals surface area (Å²) in [7, 11) is -0.958. The molecule has 0 aromatic heterocycles. The lowest BCUT2D eigenvalue weighted by atomic mass is 10.0. The number of carboxylic acids is 2. The van der Waals surface area contributed by atoms with Gasteiger partial charge in [0.15, 0.2) is 0 Å². The van der Waals surface area contributed by atoms with E-state index < -0.39 is 22.8 Å². The van der Waals surface area contributed by atoms with Gasteiger partial charge in [0.2, 0.25) is 11.5 Å². The Morgan fingerprint density at radius 1 is 1.13 bits per heavy atom. The lowest BCUT2D eigenvalue weighted by molar-refractivity contribution is -0.134.